The molecule has 3 N–H and O–H groups in total. The van der Waals surface area contributed by atoms with E-state index in [9.17, 15) is 13.2 Å². The number of hydrogen-bond donors (Lipinski definition) is 2. The zero-order valence-electron chi connectivity index (χ0n) is 10.8. The number of rotatable bonds is 4. The van der Waals surface area contributed by atoms with E-state index in [0.29, 0.717) is 12.1 Å². The fourth-order valence-electron chi connectivity index (χ4n) is 1.66. The van der Waals surface area contributed by atoms with E-state index in [1.807, 2.05) is 0 Å². The van der Waals surface area contributed by atoms with Crippen LogP contribution in [0.15, 0.2) is 45.5 Å². The number of thiophene rings is 1. The lowest BCUT2D eigenvalue weighted by molar-refractivity contribution is 0.0963. The summed E-state index contributed by atoms with van der Waals surface area (Å²) in [6, 6.07) is 9.10. The standard InChI is InChI=1S/C13H14N2O3S2/c1-15-13(16)9-2-5-11(6-3-9)20(17,18)12-7-4-10(8-14)19-12/h2-7H,8,14H2,1H3,(H,15,16). The van der Waals surface area contributed by atoms with Crippen LogP contribution in [0.1, 0.15) is 15.2 Å². The lowest BCUT2D eigenvalue weighted by Gasteiger charge is -2.03. The molecule has 0 fully saturated rings. The summed E-state index contributed by atoms with van der Waals surface area (Å²) >= 11 is 1.16. The Morgan fingerprint density at radius 3 is 2.35 bits per heavy atom. The maximum Gasteiger partial charge on any atom is 0.251 e. The van der Waals surface area contributed by atoms with Crippen LogP contribution in [0.2, 0.25) is 0 Å². The first-order chi connectivity index (χ1) is 9.48. The third kappa shape index (κ3) is 2.74. The topological polar surface area (TPSA) is 89.3 Å². The number of carbonyl (C=O) groups excluding carboxylic acids is 1. The Labute approximate surface area is 121 Å². The van der Waals surface area contributed by atoms with Gasteiger partial charge in [-0.25, -0.2) is 8.42 Å². The first kappa shape index (κ1) is 14.7. The Morgan fingerprint density at radius 2 is 1.85 bits per heavy atom. The molecule has 1 heterocycles. The second-order valence-corrected chi connectivity index (χ2v) is 7.38. The SMILES string of the molecule is CNC(=O)c1ccc(S(=O)(=O)c2ccc(CN)s2)cc1. The van der Waals surface area contributed by atoms with Gasteiger partial charge >= 0.3 is 0 Å². The lowest BCUT2D eigenvalue weighted by Crippen LogP contribution is -2.17. The van der Waals surface area contributed by atoms with E-state index in [1.165, 1.54) is 31.3 Å². The maximum atomic E-state index is 12.4. The molecule has 0 aliphatic carbocycles. The summed E-state index contributed by atoms with van der Waals surface area (Å²) in [4.78, 5) is 12.4. The Bertz CT molecular complexity index is 718. The number of sulfone groups is 1. The van der Waals surface area contributed by atoms with Crippen molar-refractivity contribution in [3.8, 4) is 0 Å². The van der Waals surface area contributed by atoms with E-state index < -0.39 is 9.84 Å². The quantitative estimate of drug-likeness (QED) is 0.893. The highest BCUT2D eigenvalue weighted by Gasteiger charge is 2.20. The Morgan fingerprint density at radius 1 is 1.20 bits per heavy atom. The van der Waals surface area contributed by atoms with E-state index in [1.54, 1.807) is 12.1 Å². The average molecular weight is 310 g/mol. The van der Waals surface area contributed by atoms with Gasteiger partial charge in [-0.2, -0.15) is 0 Å². The molecule has 0 aliphatic rings. The highest BCUT2D eigenvalue weighted by molar-refractivity contribution is 7.93. The molecule has 1 amide bonds. The van der Waals surface area contributed by atoms with Gasteiger partial charge < -0.3 is 11.1 Å². The highest BCUT2D eigenvalue weighted by atomic mass is 32.2. The largest absolute Gasteiger partial charge is 0.355 e. The molecule has 5 nitrogen and oxygen atoms in total. The molecule has 0 spiro atoms. The molecule has 20 heavy (non-hydrogen) atoms. The third-order valence-corrected chi connectivity index (χ3v) is 6.13. The van der Waals surface area contributed by atoms with Crippen LogP contribution in [-0.2, 0) is 16.4 Å². The van der Waals surface area contributed by atoms with Crippen LogP contribution in [0.25, 0.3) is 0 Å². The highest BCUT2D eigenvalue weighted by Crippen LogP contribution is 2.27. The first-order valence-electron chi connectivity index (χ1n) is 5.85. The van der Waals surface area contributed by atoms with Gasteiger partial charge in [-0.15, -0.1) is 11.3 Å². The number of hydrogen-bond acceptors (Lipinski definition) is 5. The zero-order valence-corrected chi connectivity index (χ0v) is 12.4. The van der Waals surface area contributed by atoms with Crippen LogP contribution in [0, 0.1) is 0 Å². The van der Waals surface area contributed by atoms with Crippen molar-refractivity contribution in [3.63, 3.8) is 0 Å². The van der Waals surface area contributed by atoms with Gasteiger partial charge in [0.1, 0.15) is 4.21 Å². The van der Waals surface area contributed by atoms with Crippen LogP contribution in [0.3, 0.4) is 0 Å². The van der Waals surface area contributed by atoms with Gasteiger partial charge in [0, 0.05) is 24.0 Å². The average Bonchev–Trinajstić information content (AvgIpc) is 2.96. The molecule has 7 heteroatoms. The molecule has 0 unspecified atom stereocenters. The molecule has 2 aromatic rings. The summed E-state index contributed by atoms with van der Waals surface area (Å²) in [5.41, 5.74) is 5.90. The number of carbonyl (C=O) groups is 1. The van der Waals surface area contributed by atoms with Gasteiger partial charge in [0.15, 0.2) is 0 Å². The van der Waals surface area contributed by atoms with Crippen molar-refractivity contribution in [2.24, 2.45) is 5.73 Å². The van der Waals surface area contributed by atoms with Crippen LogP contribution in [0.5, 0.6) is 0 Å². The number of nitrogens with one attached hydrogen (secondary N) is 1. The lowest BCUT2D eigenvalue weighted by atomic mass is 10.2. The molecule has 106 valence electrons. The molecular formula is C13H14N2O3S2. The summed E-state index contributed by atoms with van der Waals surface area (Å²) in [6.07, 6.45) is 0. The van der Waals surface area contributed by atoms with Crippen molar-refractivity contribution in [3.05, 3.63) is 46.8 Å². The molecule has 0 saturated carbocycles. The fourth-order valence-corrected chi connectivity index (χ4v) is 4.29. The minimum atomic E-state index is -3.55. The van der Waals surface area contributed by atoms with Gasteiger partial charge in [0.05, 0.1) is 4.90 Å². The van der Waals surface area contributed by atoms with Gasteiger partial charge in [0.25, 0.3) is 5.91 Å². The second-order valence-electron chi connectivity index (χ2n) is 4.03. The number of nitrogens with two attached hydrogens (primary N) is 1. The third-order valence-electron chi connectivity index (χ3n) is 2.76. The van der Waals surface area contributed by atoms with Crippen LogP contribution < -0.4 is 11.1 Å². The maximum absolute atomic E-state index is 12.4. The Kier molecular flexibility index (Phi) is 4.22. The number of benzene rings is 1. The van der Waals surface area contributed by atoms with Gasteiger partial charge in [-0.05, 0) is 36.4 Å². The van der Waals surface area contributed by atoms with E-state index in [0.717, 1.165) is 16.2 Å². The monoisotopic (exact) mass is 310 g/mol. The molecule has 0 radical (unpaired) electrons. The summed E-state index contributed by atoms with van der Waals surface area (Å²) in [6.45, 7) is 0.315. The van der Waals surface area contributed by atoms with Gasteiger partial charge in [-0.1, -0.05) is 0 Å². The van der Waals surface area contributed by atoms with Crippen molar-refractivity contribution in [2.75, 3.05) is 7.05 Å². The van der Waals surface area contributed by atoms with Crippen molar-refractivity contribution in [1.82, 2.24) is 5.32 Å². The van der Waals surface area contributed by atoms with Gasteiger partial charge in [-0.3, -0.25) is 4.79 Å². The fraction of sp³-hybridized carbons (Fsp3) is 0.154. The minimum absolute atomic E-state index is 0.163. The van der Waals surface area contributed by atoms with E-state index in [-0.39, 0.29) is 15.0 Å². The van der Waals surface area contributed by atoms with E-state index in [4.69, 9.17) is 5.73 Å². The Balaban J connectivity index is 2.37. The van der Waals surface area contributed by atoms with Gasteiger partial charge in [0.2, 0.25) is 9.84 Å². The zero-order chi connectivity index (χ0) is 14.8. The van der Waals surface area contributed by atoms with Crippen molar-refractivity contribution < 1.29 is 13.2 Å². The minimum Gasteiger partial charge on any atom is -0.355 e. The summed E-state index contributed by atoms with van der Waals surface area (Å²) in [7, 11) is -2.03. The predicted octanol–water partition coefficient (Wildman–Crippen LogP) is 1.40. The summed E-state index contributed by atoms with van der Waals surface area (Å²) < 4.78 is 25.0. The van der Waals surface area contributed by atoms with Crippen molar-refractivity contribution >= 4 is 27.1 Å². The molecule has 2 rings (SSSR count). The van der Waals surface area contributed by atoms with Crippen LogP contribution >= 0.6 is 11.3 Å². The number of amides is 1. The van der Waals surface area contributed by atoms with Crippen LogP contribution in [-0.4, -0.2) is 21.4 Å². The van der Waals surface area contributed by atoms with Crippen molar-refractivity contribution in [2.45, 2.75) is 15.6 Å². The second kappa shape index (κ2) is 5.74. The summed E-state index contributed by atoms with van der Waals surface area (Å²) in [5, 5.41) is 2.48. The molecular weight excluding hydrogens is 296 g/mol. The molecule has 0 atom stereocenters. The molecule has 1 aromatic heterocycles. The van der Waals surface area contributed by atoms with Crippen molar-refractivity contribution in [1.29, 1.82) is 0 Å². The smallest absolute Gasteiger partial charge is 0.251 e. The van der Waals surface area contributed by atoms with E-state index >= 15 is 0 Å². The van der Waals surface area contributed by atoms with Crippen LogP contribution in [0.4, 0.5) is 0 Å². The first-order valence-corrected chi connectivity index (χ1v) is 8.15. The molecule has 0 saturated heterocycles. The Hall–Kier alpha value is -1.70. The van der Waals surface area contributed by atoms with E-state index in [2.05, 4.69) is 5.32 Å². The summed E-state index contributed by atoms with van der Waals surface area (Å²) in [5.74, 6) is -0.254. The molecule has 0 aliphatic heterocycles. The molecule has 0 bridgehead atoms. The normalized spacial score (nSPS) is 11.3. The molecule has 1 aromatic carbocycles. The predicted molar refractivity (Wildman–Crippen MR) is 77.5 cm³/mol.